The van der Waals surface area contributed by atoms with Gasteiger partial charge in [-0.1, -0.05) is 11.6 Å². The summed E-state index contributed by atoms with van der Waals surface area (Å²) in [5.41, 5.74) is 3.33. The third-order valence-corrected chi connectivity index (χ3v) is 5.19. The molecule has 0 bridgehead atoms. The van der Waals surface area contributed by atoms with Gasteiger partial charge in [-0.05, 0) is 71.5 Å². The van der Waals surface area contributed by atoms with Gasteiger partial charge < -0.3 is 9.47 Å². The molecule has 0 fully saturated rings. The second-order valence-corrected chi connectivity index (χ2v) is 7.65. The first-order valence-corrected chi connectivity index (χ1v) is 10.2. The third kappa shape index (κ3) is 6.37. The predicted octanol–water partition coefficient (Wildman–Crippen LogP) is 4.59. The van der Waals surface area contributed by atoms with Crippen LogP contribution in [0.1, 0.15) is 12.5 Å². The number of halogens is 2. The topological polar surface area (TPSA) is 59.9 Å². The molecule has 8 heteroatoms. The van der Waals surface area contributed by atoms with Crippen molar-refractivity contribution in [3.8, 4) is 11.5 Å². The van der Waals surface area contributed by atoms with Gasteiger partial charge in [-0.25, -0.2) is 5.43 Å². The fourth-order valence-electron chi connectivity index (χ4n) is 2.01. The predicted molar refractivity (Wildman–Crippen MR) is 115 cm³/mol. The number of rotatable bonds is 8. The smallest absolute Gasteiger partial charge is 0.250 e. The van der Waals surface area contributed by atoms with E-state index in [1.165, 1.54) is 11.8 Å². The minimum absolute atomic E-state index is 0.186. The first-order valence-electron chi connectivity index (χ1n) is 7.74. The molecule has 0 unspecified atom stereocenters. The highest BCUT2D eigenvalue weighted by molar-refractivity contribution is 14.1. The number of ether oxygens (including phenoxy) is 2. The van der Waals surface area contributed by atoms with Crippen molar-refractivity contribution in [1.29, 1.82) is 0 Å². The molecule has 26 heavy (non-hydrogen) atoms. The Morgan fingerprint density at radius 1 is 1.35 bits per heavy atom. The number of hydrogen-bond donors (Lipinski definition) is 1. The van der Waals surface area contributed by atoms with Crippen LogP contribution in [0.25, 0.3) is 0 Å². The molecule has 1 amide bonds. The van der Waals surface area contributed by atoms with Gasteiger partial charge in [-0.2, -0.15) is 5.10 Å². The van der Waals surface area contributed by atoms with Crippen molar-refractivity contribution >= 4 is 58.1 Å². The van der Waals surface area contributed by atoms with Gasteiger partial charge in [0.2, 0.25) is 5.91 Å². The molecule has 0 saturated carbocycles. The van der Waals surface area contributed by atoms with Crippen LogP contribution < -0.4 is 14.9 Å². The second kappa shape index (κ2) is 10.6. The Labute approximate surface area is 175 Å². The Kier molecular flexibility index (Phi) is 8.53. The highest BCUT2D eigenvalue weighted by Gasteiger charge is 2.10. The summed E-state index contributed by atoms with van der Waals surface area (Å²) in [6.07, 6.45) is 1.58. The Hall–Kier alpha value is -1.45. The molecule has 0 atom stereocenters. The summed E-state index contributed by atoms with van der Waals surface area (Å²) in [7, 11) is 1.60. The molecule has 1 N–H and O–H groups in total. The number of hydrogen-bond acceptors (Lipinski definition) is 5. The number of methoxy groups -OCH3 is 1. The lowest BCUT2D eigenvalue weighted by molar-refractivity contribution is -0.118. The van der Waals surface area contributed by atoms with Crippen LogP contribution in [0.4, 0.5) is 0 Å². The van der Waals surface area contributed by atoms with Crippen molar-refractivity contribution in [2.45, 2.75) is 11.8 Å². The fraction of sp³-hybridized carbons (Fsp3) is 0.222. The lowest BCUT2D eigenvalue weighted by Gasteiger charge is -2.11. The van der Waals surface area contributed by atoms with Gasteiger partial charge in [0.25, 0.3) is 0 Å². The van der Waals surface area contributed by atoms with E-state index >= 15 is 0 Å². The second-order valence-electron chi connectivity index (χ2n) is 5.00. The standard InChI is InChI=1S/C18H18ClIN2O3S/c1-3-25-16-9-12(8-15(20)18(16)24-2)10-21-22-17(23)11-26-14-6-4-13(19)5-7-14/h4-10H,3,11H2,1-2H3,(H,22,23)/b21-10-. The lowest BCUT2D eigenvalue weighted by Crippen LogP contribution is -2.19. The third-order valence-electron chi connectivity index (χ3n) is 3.12. The van der Waals surface area contributed by atoms with Crippen molar-refractivity contribution < 1.29 is 14.3 Å². The summed E-state index contributed by atoms with van der Waals surface area (Å²) in [4.78, 5) is 12.9. The molecule has 0 radical (unpaired) electrons. The Bertz CT molecular complexity index is 785. The molecule has 138 valence electrons. The molecule has 2 rings (SSSR count). The maximum Gasteiger partial charge on any atom is 0.250 e. The van der Waals surface area contributed by atoms with Crippen LogP contribution in [0.3, 0.4) is 0 Å². The maximum absolute atomic E-state index is 11.9. The highest BCUT2D eigenvalue weighted by atomic mass is 127. The van der Waals surface area contributed by atoms with E-state index in [9.17, 15) is 4.79 Å². The first kappa shape index (κ1) is 20.9. The van der Waals surface area contributed by atoms with Crippen molar-refractivity contribution in [2.75, 3.05) is 19.5 Å². The molecule has 0 aromatic heterocycles. The van der Waals surface area contributed by atoms with Gasteiger partial charge in [0.05, 0.1) is 29.3 Å². The summed E-state index contributed by atoms with van der Waals surface area (Å²) in [5.74, 6) is 1.42. The molecule has 0 heterocycles. The fourth-order valence-corrected chi connectivity index (χ4v) is 3.68. The maximum atomic E-state index is 11.9. The first-order chi connectivity index (χ1) is 12.5. The van der Waals surface area contributed by atoms with E-state index in [4.69, 9.17) is 21.1 Å². The van der Waals surface area contributed by atoms with Crippen LogP contribution in [-0.2, 0) is 4.79 Å². The van der Waals surface area contributed by atoms with Crippen molar-refractivity contribution in [3.63, 3.8) is 0 Å². The van der Waals surface area contributed by atoms with Crippen LogP contribution in [0.15, 0.2) is 46.4 Å². The molecule has 0 saturated heterocycles. The van der Waals surface area contributed by atoms with Gasteiger partial charge >= 0.3 is 0 Å². The van der Waals surface area contributed by atoms with Gasteiger partial charge in [0, 0.05) is 9.92 Å². The van der Waals surface area contributed by atoms with E-state index in [1.807, 2.05) is 31.2 Å². The lowest BCUT2D eigenvalue weighted by atomic mass is 10.2. The van der Waals surface area contributed by atoms with Crippen molar-refractivity contribution in [2.24, 2.45) is 5.10 Å². The van der Waals surface area contributed by atoms with Crippen molar-refractivity contribution in [3.05, 3.63) is 50.6 Å². The van der Waals surface area contributed by atoms with E-state index in [0.717, 1.165) is 14.0 Å². The van der Waals surface area contributed by atoms with Crippen LogP contribution in [0.2, 0.25) is 5.02 Å². The number of carbonyl (C=O) groups is 1. The largest absolute Gasteiger partial charge is 0.492 e. The summed E-state index contributed by atoms with van der Waals surface area (Å²) in [6.45, 7) is 2.44. The number of nitrogens with one attached hydrogen (secondary N) is 1. The minimum atomic E-state index is -0.186. The molecular formula is C18H18ClIN2O3S. The van der Waals surface area contributed by atoms with E-state index in [1.54, 1.807) is 25.5 Å². The van der Waals surface area contributed by atoms with E-state index in [2.05, 4.69) is 33.1 Å². The molecule has 0 aliphatic heterocycles. The van der Waals surface area contributed by atoms with Gasteiger partial charge in [0.15, 0.2) is 11.5 Å². The number of amides is 1. The summed E-state index contributed by atoms with van der Waals surface area (Å²) in [5, 5.41) is 4.68. The van der Waals surface area contributed by atoms with Crippen LogP contribution in [0.5, 0.6) is 11.5 Å². The molecule has 0 aliphatic carbocycles. The summed E-state index contributed by atoms with van der Waals surface area (Å²) >= 11 is 9.43. The molecule has 5 nitrogen and oxygen atoms in total. The monoisotopic (exact) mass is 504 g/mol. The molecule has 0 aliphatic rings. The van der Waals surface area contributed by atoms with Crippen LogP contribution in [0, 0.1) is 3.57 Å². The zero-order valence-electron chi connectivity index (χ0n) is 14.3. The van der Waals surface area contributed by atoms with Crippen LogP contribution >= 0.6 is 46.0 Å². The summed E-state index contributed by atoms with van der Waals surface area (Å²) < 4.78 is 11.8. The average Bonchev–Trinajstić information content (AvgIpc) is 2.61. The average molecular weight is 505 g/mol. The Morgan fingerprint density at radius 3 is 2.73 bits per heavy atom. The zero-order chi connectivity index (χ0) is 18.9. The minimum Gasteiger partial charge on any atom is -0.492 e. The zero-order valence-corrected chi connectivity index (χ0v) is 18.0. The van der Waals surface area contributed by atoms with Crippen LogP contribution in [-0.4, -0.2) is 31.6 Å². The molecule has 0 spiro atoms. The van der Waals surface area contributed by atoms with Crippen molar-refractivity contribution in [1.82, 2.24) is 5.43 Å². The molecular weight excluding hydrogens is 487 g/mol. The Morgan fingerprint density at radius 2 is 2.08 bits per heavy atom. The van der Waals surface area contributed by atoms with E-state index in [-0.39, 0.29) is 11.7 Å². The number of carbonyl (C=O) groups excluding carboxylic acids is 1. The SMILES string of the molecule is CCOc1cc(/C=N\NC(=O)CSc2ccc(Cl)cc2)cc(I)c1OC. The molecule has 2 aromatic carbocycles. The summed E-state index contributed by atoms with van der Waals surface area (Å²) in [6, 6.07) is 11.1. The normalized spacial score (nSPS) is 10.8. The van der Waals surface area contributed by atoms with E-state index in [0.29, 0.717) is 23.1 Å². The van der Waals surface area contributed by atoms with Gasteiger partial charge in [0.1, 0.15) is 0 Å². The van der Waals surface area contributed by atoms with Gasteiger partial charge in [-0.3, -0.25) is 4.79 Å². The number of benzene rings is 2. The highest BCUT2D eigenvalue weighted by Crippen LogP contribution is 2.33. The number of hydrazone groups is 1. The number of nitrogens with zero attached hydrogens (tertiary/aromatic N) is 1. The van der Waals surface area contributed by atoms with Gasteiger partial charge in [-0.15, -0.1) is 11.8 Å². The Balaban J connectivity index is 1.92. The quantitative estimate of drug-likeness (QED) is 0.247. The number of thioether (sulfide) groups is 1. The molecule has 2 aromatic rings. The van der Waals surface area contributed by atoms with E-state index < -0.39 is 0 Å².